The zero-order valence-corrected chi connectivity index (χ0v) is 8.21. The van der Waals surface area contributed by atoms with Crippen molar-refractivity contribution >= 4 is 22.2 Å². The predicted octanol–water partition coefficient (Wildman–Crippen LogP) is 2.46. The summed E-state index contributed by atoms with van der Waals surface area (Å²) in [5, 5.41) is 9.49. The van der Waals surface area contributed by atoms with E-state index in [1.807, 2.05) is 0 Å². The maximum absolute atomic E-state index is 10.4. The van der Waals surface area contributed by atoms with Gasteiger partial charge in [0.15, 0.2) is 0 Å². The number of carbonyl (C=O) groups excluding carboxylic acids is 1. The zero-order chi connectivity index (χ0) is 9.14. The number of benzene rings is 1. The van der Waals surface area contributed by atoms with Gasteiger partial charge in [-0.2, -0.15) is 0 Å². The molecule has 1 atom stereocenters. The van der Waals surface area contributed by atoms with Gasteiger partial charge in [-0.25, -0.2) is 0 Å². The molecule has 12 heavy (non-hydrogen) atoms. The molecule has 1 aromatic carbocycles. The number of carbonyl (C=O) groups is 1. The quantitative estimate of drug-likeness (QED) is 0.791. The van der Waals surface area contributed by atoms with Gasteiger partial charge >= 0.3 is 0 Å². The van der Waals surface area contributed by atoms with Crippen LogP contribution in [0, 0.1) is 0 Å². The lowest BCUT2D eigenvalue weighted by Gasteiger charge is -2.07. The number of hydrogen-bond donors (Lipinski definition) is 1. The molecule has 0 bridgehead atoms. The highest BCUT2D eigenvalue weighted by molar-refractivity contribution is 9.10. The Kier molecular flexibility index (Phi) is 2.87. The summed E-state index contributed by atoms with van der Waals surface area (Å²) in [6.45, 7) is 1.74. The topological polar surface area (TPSA) is 37.3 Å². The van der Waals surface area contributed by atoms with Crippen LogP contribution in [-0.2, 0) is 4.79 Å². The van der Waals surface area contributed by atoms with Crippen LogP contribution in [0.2, 0.25) is 0 Å². The third-order valence-corrected chi connectivity index (χ3v) is 2.35. The van der Waals surface area contributed by atoms with Crippen molar-refractivity contribution in [3.8, 4) is 5.75 Å². The predicted molar refractivity (Wildman–Crippen MR) is 50.3 cm³/mol. The van der Waals surface area contributed by atoms with Gasteiger partial charge in [0.2, 0.25) is 0 Å². The molecule has 0 aliphatic carbocycles. The summed E-state index contributed by atoms with van der Waals surface area (Å²) in [6.07, 6.45) is 0.807. The summed E-state index contributed by atoms with van der Waals surface area (Å²) >= 11 is 3.18. The summed E-state index contributed by atoms with van der Waals surface area (Å²) in [5.41, 5.74) is 0.652. The molecule has 1 N–H and O–H groups in total. The van der Waals surface area contributed by atoms with Crippen molar-refractivity contribution in [2.75, 3.05) is 0 Å². The van der Waals surface area contributed by atoms with Gasteiger partial charge in [0.05, 0.1) is 4.47 Å². The standard InChI is InChI=1S/C9H9BrO2/c1-6(5-11)7-3-2-4-8(10)9(7)12/h2-6,12H,1H3. The smallest absolute Gasteiger partial charge is 0.133 e. The fourth-order valence-electron chi connectivity index (χ4n) is 0.973. The van der Waals surface area contributed by atoms with Crippen LogP contribution < -0.4 is 0 Å². The Bertz CT molecular complexity index is 297. The summed E-state index contributed by atoms with van der Waals surface area (Å²) in [5.74, 6) is -0.111. The van der Waals surface area contributed by atoms with Gasteiger partial charge in [-0.1, -0.05) is 19.1 Å². The number of halogens is 1. The third kappa shape index (κ3) is 1.67. The highest BCUT2D eigenvalue weighted by Crippen LogP contribution is 2.31. The molecule has 0 aliphatic heterocycles. The fraction of sp³-hybridized carbons (Fsp3) is 0.222. The Balaban J connectivity index is 3.15. The number of hydrogen-bond acceptors (Lipinski definition) is 2. The molecule has 0 spiro atoms. The molecule has 0 saturated heterocycles. The summed E-state index contributed by atoms with van der Waals surface area (Å²) in [7, 11) is 0. The molecule has 2 nitrogen and oxygen atoms in total. The number of para-hydroxylation sites is 1. The molecule has 0 aromatic heterocycles. The lowest BCUT2D eigenvalue weighted by molar-refractivity contribution is -0.108. The van der Waals surface area contributed by atoms with Crippen LogP contribution >= 0.6 is 15.9 Å². The molecule has 3 heteroatoms. The maximum atomic E-state index is 10.4. The Morgan fingerprint density at radius 2 is 2.25 bits per heavy atom. The maximum Gasteiger partial charge on any atom is 0.133 e. The molecule has 0 heterocycles. The van der Waals surface area contributed by atoms with Gasteiger partial charge in [-0.05, 0) is 22.0 Å². The summed E-state index contributed by atoms with van der Waals surface area (Å²) in [6, 6.07) is 5.26. The molecule has 1 rings (SSSR count). The van der Waals surface area contributed by atoms with Crippen molar-refractivity contribution in [1.29, 1.82) is 0 Å². The van der Waals surface area contributed by atoms with Gasteiger partial charge in [-0.15, -0.1) is 0 Å². The molecule has 0 saturated carbocycles. The van der Waals surface area contributed by atoms with Crippen molar-refractivity contribution in [3.63, 3.8) is 0 Å². The largest absolute Gasteiger partial charge is 0.506 e. The van der Waals surface area contributed by atoms with Gasteiger partial charge in [-0.3, -0.25) is 0 Å². The molecule has 64 valence electrons. The average molecular weight is 229 g/mol. The van der Waals surface area contributed by atoms with E-state index >= 15 is 0 Å². The van der Waals surface area contributed by atoms with Crippen LogP contribution in [0.25, 0.3) is 0 Å². The minimum atomic E-state index is -0.262. The molecular formula is C9H9BrO2. The molecule has 1 aromatic rings. The number of phenolic OH excluding ortho intramolecular Hbond substituents is 1. The van der Waals surface area contributed by atoms with E-state index in [9.17, 15) is 9.90 Å². The first kappa shape index (κ1) is 9.26. The van der Waals surface area contributed by atoms with Crippen molar-refractivity contribution in [3.05, 3.63) is 28.2 Å². The Morgan fingerprint density at radius 1 is 1.58 bits per heavy atom. The lowest BCUT2D eigenvalue weighted by Crippen LogP contribution is -1.94. The van der Waals surface area contributed by atoms with Crippen LogP contribution in [0.3, 0.4) is 0 Å². The molecule has 0 radical (unpaired) electrons. The van der Waals surface area contributed by atoms with E-state index in [1.54, 1.807) is 25.1 Å². The highest BCUT2D eigenvalue weighted by Gasteiger charge is 2.10. The number of aromatic hydroxyl groups is 1. The average Bonchev–Trinajstić information content (AvgIpc) is 2.08. The van der Waals surface area contributed by atoms with Gasteiger partial charge in [0.25, 0.3) is 0 Å². The van der Waals surface area contributed by atoms with E-state index < -0.39 is 0 Å². The minimum absolute atomic E-state index is 0.150. The first-order valence-corrected chi connectivity index (χ1v) is 4.38. The highest BCUT2D eigenvalue weighted by atomic mass is 79.9. The normalized spacial score (nSPS) is 12.5. The van der Waals surface area contributed by atoms with E-state index in [2.05, 4.69) is 15.9 Å². The second-order valence-electron chi connectivity index (χ2n) is 2.60. The monoisotopic (exact) mass is 228 g/mol. The Morgan fingerprint density at radius 3 is 2.83 bits per heavy atom. The Hall–Kier alpha value is -0.830. The van der Waals surface area contributed by atoms with Crippen LogP contribution in [0.15, 0.2) is 22.7 Å². The van der Waals surface area contributed by atoms with Crippen LogP contribution in [0.5, 0.6) is 5.75 Å². The van der Waals surface area contributed by atoms with Gasteiger partial charge < -0.3 is 9.90 Å². The van der Waals surface area contributed by atoms with E-state index in [4.69, 9.17) is 0 Å². The zero-order valence-electron chi connectivity index (χ0n) is 6.62. The number of phenols is 1. The van der Waals surface area contributed by atoms with Crippen molar-refractivity contribution in [2.45, 2.75) is 12.8 Å². The fourth-order valence-corrected chi connectivity index (χ4v) is 1.35. The number of aldehydes is 1. The SMILES string of the molecule is CC(C=O)c1cccc(Br)c1O. The molecule has 0 aliphatic rings. The molecule has 0 fully saturated rings. The van der Waals surface area contributed by atoms with Gasteiger partial charge in [0.1, 0.15) is 12.0 Å². The first-order chi connectivity index (χ1) is 5.66. The van der Waals surface area contributed by atoms with Crippen LogP contribution in [0.1, 0.15) is 18.4 Å². The van der Waals surface area contributed by atoms with Crippen molar-refractivity contribution in [1.82, 2.24) is 0 Å². The van der Waals surface area contributed by atoms with Crippen LogP contribution in [-0.4, -0.2) is 11.4 Å². The van der Waals surface area contributed by atoms with Crippen molar-refractivity contribution < 1.29 is 9.90 Å². The second-order valence-corrected chi connectivity index (χ2v) is 3.46. The minimum Gasteiger partial charge on any atom is -0.506 e. The number of rotatable bonds is 2. The summed E-state index contributed by atoms with van der Waals surface area (Å²) < 4.78 is 0.619. The van der Waals surface area contributed by atoms with E-state index in [0.29, 0.717) is 10.0 Å². The van der Waals surface area contributed by atoms with E-state index in [1.165, 1.54) is 0 Å². The third-order valence-electron chi connectivity index (χ3n) is 1.71. The van der Waals surface area contributed by atoms with Crippen molar-refractivity contribution in [2.24, 2.45) is 0 Å². The molecule has 0 amide bonds. The van der Waals surface area contributed by atoms with Gasteiger partial charge in [0, 0.05) is 11.5 Å². The molecule has 1 unspecified atom stereocenters. The first-order valence-electron chi connectivity index (χ1n) is 3.59. The second kappa shape index (κ2) is 3.72. The van der Waals surface area contributed by atoms with Crippen LogP contribution in [0.4, 0.5) is 0 Å². The Labute approximate surface area is 79.3 Å². The lowest BCUT2D eigenvalue weighted by atomic mass is 10.0. The van der Waals surface area contributed by atoms with E-state index in [-0.39, 0.29) is 11.7 Å². The van der Waals surface area contributed by atoms with E-state index in [0.717, 1.165) is 6.29 Å². The molecular weight excluding hydrogens is 220 g/mol. The summed E-state index contributed by atoms with van der Waals surface area (Å²) in [4.78, 5) is 10.4.